The lowest BCUT2D eigenvalue weighted by molar-refractivity contribution is -0.116. The van der Waals surface area contributed by atoms with Gasteiger partial charge in [-0.1, -0.05) is 18.2 Å². The molecule has 1 aromatic heterocycles. The van der Waals surface area contributed by atoms with E-state index in [1.165, 1.54) is 12.1 Å². The Bertz CT molecular complexity index is 1050. The van der Waals surface area contributed by atoms with Gasteiger partial charge in [0.1, 0.15) is 5.82 Å². The van der Waals surface area contributed by atoms with Gasteiger partial charge >= 0.3 is 0 Å². The van der Waals surface area contributed by atoms with Crippen molar-refractivity contribution in [1.82, 2.24) is 0 Å². The second-order valence-electron chi connectivity index (χ2n) is 6.78. The summed E-state index contributed by atoms with van der Waals surface area (Å²) in [5.74, 6) is 0.951. The zero-order valence-electron chi connectivity index (χ0n) is 16.3. The third kappa shape index (κ3) is 3.85. The quantitative estimate of drug-likeness (QED) is 0.555. The highest BCUT2D eigenvalue weighted by atomic mass is 32.1. The number of fused-ring (bicyclic) bond motifs is 1. The molecule has 150 valence electrons. The van der Waals surface area contributed by atoms with Crippen LogP contribution in [0.5, 0.6) is 11.5 Å². The van der Waals surface area contributed by atoms with Gasteiger partial charge in [0, 0.05) is 28.2 Å². The predicted octanol–water partition coefficient (Wildman–Crippen LogP) is 5.83. The van der Waals surface area contributed by atoms with Crippen molar-refractivity contribution in [3.63, 3.8) is 0 Å². The third-order valence-electron chi connectivity index (χ3n) is 4.90. The van der Waals surface area contributed by atoms with E-state index in [-0.39, 0.29) is 17.6 Å². The minimum Gasteiger partial charge on any atom is -0.490 e. The summed E-state index contributed by atoms with van der Waals surface area (Å²) in [5, 5.41) is 4.97. The first-order valence-electron chi connectivity index (χ1n) is 9.67. The molecular weight excluding hydrogens is 389 g/mol. The smallest absolute Gasteiger partial charge is 0.225 e. The molecule has 2 heterocycles. The summed E-state index contributed by atoms with van der Waals surface area (Å²) in [6.07, 6.45) is 0.357. The lowest BCUT2D eigenvalue weighted by Crippen LogP contribution is -2.22. The Morgan fingerprint density at radius 1 is 1.10 bits per heavy atom. The summed E-state index contributed by atoms with van der Waals surface area (Å²) >= 11 is 1.58. The Morgan fingerprint density at radius 2 is 1.90 bits per heavy atom. The first-order chi connectivity index (χ1) is 14.1. The maximum absolute atomic E-state index is 13.7. The van der Waals surface area contributed by atoms with Crippen LogP contribution in [0.4, 0.5) is 10.1 Å². The summed E-state index contributed by atoms with van der Waals surface area (Å²) in [7, 11) is 0. The number of carbonyl (C=O) groups excluding carboxylic acids is 1. The van der Waals surface area contributed by atoms with Crippen molar-refractivity contribution in [1.29, 1.82) is 0 Å². The van der Waals surface area contributed by atoms with Crippen LogP contribution in [0.15, 0.2) is 47.8 Å². The predicted molar refractivity (Wildman–Crippen MR) is 114 cm³/mol. The molecule has 0 radical (unpaired) electrons. The van der Waals surface area contributed by atoms with Crippen LogP contribution in [0.3, 0.4) is 0 Å². The van der Waals surface area contributed by atoms with Crippen molar-refractivity contribution in [2.24, 2.45) is 0 Å². The van der Waals surface area contributed by atoms with Crippen LogP contribution in [-0.2, 0) is 4.79 Å². The molecule has 0 bridgehead atoms. The van der Waals surface area contributed by atoms with Gasteiger partial charge in [0.05, 0.1) is 18.9 Å². The van der Waals surface area contributed by atoms with Crippen molar-refractivity contribution in [3.8, 4) is 22.6 Å². The summed E-state index contributed by atoms with van der Waals surface area (Å²) in [4.78, 5) is 13.6. The highest BCUT2D eigenvalue weighted by molar-refractivity contribution is 7.11. The number of nitrogens with one attached hydrogen (secondary N) is 1. The van der Waals surface area contributed by atoms with E-state index < -0.39 is 0 Å². The number of hydrogen-bond donors (Lipinski definition) is 1. The zero-order chi connectivity index (χ0) is 20.4. The van der Waals surface area contributed by atoms with Crippen LogP contribution in [0.2, 0.25) is 0 Å². The number of halogens is 1. The van der Waals surface area contributed by atoms with Crippen molar-refractivity contribution in [2.75, 3.05) is 18.5 Å². The monoisotopic (exact) mass is 411 g/mol. The fourth-order valence-electron chi connectivity index (χ4n) is 3.65. The Morgan fingerprint density at radius 3 is 2.66 bits per heavy atom. The summed E-state index contributed by atoms with van der Waals surface area (Å²) in [6, 6.07) is 12.3. The summed E-state index contributed by atoms with van der Waals surface area (Å²) in [5.41, 5.74) is 3.37. The van der Waals surface area contributed by atoms with E-state index in [0.29, 0.717) is 31.1 Å². The number of hydrogen-bond acceptors (Lipinski definition) is 4. The molecule has 0 saturated carbocycles. The number of thiophene rings is 1. The number of anilines is 1. The molecular formula is C23H22FNO3S. The van der Waals surface area contributed by atoms with E-state index in [1.54, 1.807) is 17.4 Å². The van der Waals surface area contributed by atoms with E-state index in [0.717, 1.165) is 27.3 Å². The van der Waals surface area contributed by atoms with Gasteiger partial charge in [0.15, 0.2) is 11.5 Å². The number of carbonyl (C=O) groups is 1. The third-order valence-corrected chi connectivity index (χ3v) is 5.99. The molecule has 0 aliphatic carbocycles. The fourth-order valence-corrected chi connectivity index (χ4v) is 4.81. The van der Waals surface area contributed by atoms with Crippen LogP contribution < -0.4 is 14.8 Å². The van der Waals surface area contributed by atoms with Crippen LogP contribution in [0, 0.1) is 5.82 Å². The first-order valence-corrected chi connectivity index (χ1v) is 10.5. The van der Waals surface area contributed by atoms with Crippen molar-refractivity contribution < 1.29 is 18.7 Å². The van der Waals surface area contributed by atoms with Gasteiger partial charge in [-0.25, -0.2) is 4.39 Å². The van der Waals surface area contributed by atoms with Crippen LogP contribution >= 0.6 is 11.3 Å². The largest absolute Gasteiger partial charge is 0.490 e. The summed E-state index contributed by atoms with van der Waals surface area (Å²) < 4.78 is 25.1. The standard InChI is InChI=1S/C23H22FNO3S/c1-3-27-19-9-8-15(11-20(19)28-4-2)17-12-21(26)25-22-18(13-29-23(17)22)14-6-5-7-16(24)10-14/h5-11,13,17H,3-4,12H2,1-2H3,(H,25,26)/t17-/m1/s1. The normalized spacial score (nSPS) is 15.6. The first kappa shape index (κ1) is 19.5. The minimum atomic E-state index is -0.297. The number of rotatable bonds is 6. The van der Waals surface area contributed by atoms with E-state index in [4.69, 9.17) is 9.47 Å². The van der Waals surface area contributed by atoms with Gasteiger partial charge in [-0.3, -0.25) is 4.79 Å². The minimum absolute atomic E-state index is 0.0506. The van der Waals surface area contributed by atoms with Crippen molar-refractivity contribution in [2.45, 2.75) is 26.2 Å². The van der Waals surface area contributed by atoms with Crippen molar-refractivity contribution in [3.05, 3.63) is 64.1 Å². The van der Waals surface area contributed by atoms with Gasteiger partial charge in [0.25, 0.3) is 0 Å². The van der Waals surface area contributed by atoms with Gasteiger partial charge in [0.2, 0.25) is 5.91 Å². The lowest BCUT2D eigenvalue weighted by Gasteiger charge is -2.24. The zero-order valence-corrected chi connectivity index (χ0v) is 17.1. The van der Waals surface area contributed by atoms with Crippen LogP contribution in [-0.4, -0.2) is 19.1 Å². The molecule has 1 aliphatic rings. The van der Waals surface area contributed by atoms with Crippen molar-refractivity contribution >= 4 is 22.9 Å². The maximum Gasteiger partial charge on any atom is 0.225 e. The van der Waals surface area contributed by atoms with Crippen LogP contribution in [0.1, 0.15) is 36.6 Å². The molecule has 4 nitrogen and oxygen atoms in total. The molecule has 0 saturated heterocycles. The molecule has 1 atom stereocenters. The second-order valence-corrected chi connectivity index (χ2v) is 7.69. The molecule has 1 N–H and O–H groups in total. The molecule has 1 aliphatic heterocycles. The van der Waals surface area contributed by atoms with Gasteiger partial charge < -0.3 is 14.8 Å². The Balaban J connectivity index is 1.76. The Labute approximate surface area is 173 Å². The maximum atomic E-state index is 13.7. The molecule has 0 spiro atoms. The van der Waals surface area contributed by atoms with Gasteiger partial charge in [-0.15, -0.1) is 11.3 Å². The lowest BCUT2D eigenvalue weighted by atomic mass is 9.89. The van der Waals surface area contributed by atoms with E-state index in [9.17, 15) is 9.18 Å². The Kier molecular flexibility index (Phi) is 5.53. The van der Waals surface area contributed by atoms with Gasteiger partial charge in [-0.2, -0.15) is 0 Å². The molecule has 4 rings (SSSR count). The number of ether oxygens (including phenoxy) is 2. The molecule has 2 aromatic carbocycles. The topological polar surface area (TPSA) is 47.6 Å². The van der Waals surface area contributed by atoms with Gasteiger partial charge in [-0.05, 0) is 49.2 Å². The SMILES string of the molecule is CCOc1ccc([C@H]2CC(=O)Nc3c(-c4cccc(F)c4)csc32)cc1OCC. The van der Waals surface area contributed by atoms with E-state index in [2.05, 4.69) is 5.32 Å². The van der Waals surface area contributed by atoms with Crippen LogP contribution in [0.25, 0.3) is 11.1 Å². The average Bonchev–Trinajstić information content (AvgIpc) is 3.13. The number of amides is 1. The molecule has 29 heavy (non-hydrogen) atoms. The highest BCUT2D eigenvalue weighted by Gasteiger charge is 2.31. The molecule has 1 amide bonds. The summed E-state index contributed by atoms with van der Waals surface area (Å²) in [6.45, 7) is 4.94. The van der Waals surface area contributed by atoms with E-state index in [1.807, 2.05) is 43.5 Å². The average molecular weight is 411 g/mol. The molecule has 0 fully saturated rings. The molecule has 0 unspecified atom stereocenters. The Hall–Kier alpha value is -2.86. The number of benzene rings is 2. The highest BCUT2D eigenvalue weighted by Crippen LogP contribution is 2.47. The molecule has 3 aromatic rings. The van der Waals surface area contributed by atoms with E-state index >= 15 is 0 Å². The fraction of sp³-hybridized carbons (Fsp3) is 0.261. The molecule has 6 heteroatoms. The second kappa shape index (κ2) is 8.25.